The van der Waals surface area contributed by atoms with Gasteiger partial charge < -0.3 is 5.73 Å². The highest BCUT2D eigenvalue weighted by Gasteiger charge is 2.42. The van der Waals surface area contributed by atoms with E-state index in [2.05, 4.69) is 0 Å². The molecule has 2 N–H and O–H groups in total. The van der Waals surface area contributed by atoms with Gasteiger partial charge in [0, 0.05) is 12.1 Å². The summed E-state index contributed by atoms with van der Waals surface area (Å²) in [5.41, 5.74) is 5.02. The van der Waals surface area contributed by atoms with E-state index in [1.165, 1.54) is 48.5 Å². The van der Waals surface area contributed by atoms with Crippen molar-refractivity contribution in [3.63, 3.8) is 0 Å². The van der Waals surface area contributed by atoms with Crippen molar-refractivity contribution in [1.29, 1.82) is 0 Å². The Labute approximate surface area is 191 Å². The van der Waals surface area contributed by atoms with Gasteiger partial charge in [-0.15, -0.1) is 0 Å². The molecule has 1 aromatic heterocycles. The second-order valence-corrected chi connectivity index (χ2v) is 9.55. The summed E-state index contributed by atoms with van der Waals surface area (Å²) in [5.74, 6) is -0.403. The van der Waals surface area contributed by atoms with Crippen LogP contribution in [0.25, 0.3) is 16.6 Å². The molecule has 0 saturated heterocycles. The number of sulfone groups is 1. The van der Waals surface area contributed by atoms with Crippen LogP contribution < -0.4 is 16.9 Å². The summed E-state index contributed by atoms with van der Waals surface area (Å²) in [6.45, 7) is 0. The molecule has 0 radical (unpaired) electrons. The van der Waals surface area contributed by atoms with Crippen molar-refractivity contribution in [2.45, 2.75) is 10.9 Å². The summed E-state index contributed by atoms with van der Waals surface area (Å²) >= 11 is 0. The molecule has 5 rings (SSSR count). The van der Waals surface area contributed by atoms with Gasteiger partial charge in [0.05, 0.1) is 20.6 Å². The molecule has 0 bridgehead atoms. The maximum absolute atomic E-state index is 13.7. The van der Waals surface area contributed by atoms with Crippen molar-refractivity contribution in [1.82, 2.24) is 9.36 Å². The smallest absolute Gasteiger partial charge is 0.279 e. The van der Waals surface area contributed by atoms with Crippen molar-refractivity contribution in [3.8, 4) is 0 Å². The zero-order valence-corrected chi connectivity index (χ0v) is 18.2. The Balaban J connectivity index is 1.88. The van der Waals surface area contributed by atoms with Crippen LogP contribution in [0.15, 0.2) is 98.3 Å². The van der Waals surface area contributed by atoms with E-state index in [4.69, 9.17) is 5.73 Å². The largest absolute Gasteiger partial charge is 0.383 e. The molecule has 1 aliphatic rings. The fraction of sp³-hybridized carbons (Fsp3) is 0.0435. The van der Waals surface area contributed by atoms with Gasteiger partial charge in [0.1, 0.15) is 16.8 Å². The van der Waals surface area contributed by atoms with Crippen LogP contribution in [0.2, 0.25) is 0 Å². The number of nitro benzene ring substituents is 1. The first-order valence-corrected chi connectivity index (χ1v) is 11.5. The van der Waals surface area contributed by atoms with E-state index in [0.717, 1.165) is 9.36 Å². The van der Waals surface area contributed by atoms with E-state index < -0.39 is 37.7 Å². The average Bonchev–Trinajstić information content (AvgIpc) is 3.17. The fourth-order valence-corrected chi connectivity index (χ4v) is 5.84. The maximum atomic E-state index is 13.7. The molecule has 1 atom stereocenters. The highest BCUT2D eigenvalue weighted by atomic mass is 32.2. The number of non-ortho nitro benzene ring substituents is 1. The normalized spacial score (nSPS) is 15.5. The number of nitrogens with zero attached hydrogens (tertiary/aromatic N) is 3. The molecular weight excluding hydrogens is 460 g/mol. The van der Waals surface area contributed by atoms with Crippen LogP contribution in [0.4, 0.5) is 5.69 Å². The molecule has 1 unspecified atom stereocenters. The van der Waals surface area contributed by atoms with Crippen LogP contribution in [0.5, 0.6) is 0 Å². The molecular formula is C23H16N4O6S. The summed E-state index contributed by atoms with van der Waals surface area (Å²) < 4.78 is 29.3. The van der Waals surface area contributed by atoms with Gasteiger partial charge in [0.15, 0.2) is 0 Å². The van der Waals surface area contributed by atoms with Gasteiger partial charge in [0.25, 0.3) is 16.8 Å². The van der Waals surface area contributed by atoms with Crippen LogP contribution >= 0.6 is 0 Å². The summed E-state index contributed by atoms with van der Waals surface area (Å²) in [4.78, 5) is 36.9. The Kier molecular flexibility index (Phi) is 4.72. The molecule has 34 heavy (non-hydrogen) atoms. The minimum absolute atomic E-state index is 0.0710. The van der Waals surface area contributed by atoms with E-state index >= 15 is 0 Å². The Morgan fingerprint density at radius 1 is 0.824 bits per heavy atom. The summed E-state index contributed by atoms with van der Waals surface area (Å²) in [6.07, 6.45) is 0. The van der Waals surface area contributed by atoms with Gasteiger partial charge in [-0.2, -0.15) is 4.68 Å². The van der Waals surface area contributed by atoms with Crippen LogP contribution in [0.1, 0.15) is 11.6 Å². The number of hydrogen-bond acceptors (Lipinski definition) is 7. The van der Waals surface area contributed by atoms with Gasteiger partial charge in [-0.3, -0.25) is 19.7 Å². The standard InChI is InChI=1S/C23H16N4O6S/c24-21-20(34(32,33)16-6-2-1-3-7-16)19(14-10-12-15(13-11-14)27(30)31)25-22(28)17-8-4-5-9-18(17)23(29)26(21)25/h1-13,19H,24H2. The number of aromatic nitrogens is 2. The van der Waals surface area contributed by atoms with Crippen molar-refractivity contribution in [3.05, 3.63) is 120 Å². The van der Waals surface area contributed by atoms with Gasteiger partial charge in [-0.1, -0.05) is 30.3 Å². The van der Waals surface area contributed by atoms with E-state index in [-0.39, 0.29) is 31.8 Å². The topological polar surface area (TPSA) is 147 Å². The third-order valence-electron chi connectivity index (χ3n) is 5.74. The molecule has 170 valence electrons. The monoisotopic (exact) mass is 476 g/mol. The molecule has 0 saturated carbocycles. The lowest BCUT2D eigenvalue weighted by molar-refractivity contribution is -0.384. The summed E-state index contributed by atoms with van der Waals surface area (Å²) in [5, 5.41) is 11.3. The predicted molar refractivity (Wildman–Crippen MR) is 125 cm³/mol. The van der Waals surface area contributed by atoms with Crippen molar-refractivity contribution in [2.75, 3.05) is 0 Å². The van der Waals surface area contributed by atoms with Crippen LogP contribution in [-0.2, 0) is 9.84 Å². The molecule has 11 heteroatoms. The van der Waals surface area contributed by atoms with E-state index in [1.54, 1.807) is 30.3 Å². The lowest BCUT2D eigenvalue weighted by Crippen LogP contribution is -2.38. The number of nitro groups is 1. The van der Waals surface area contributed by atoms with Gasteiger partial charge in [-0.25, -0.2) is 13.1 Å². The first-order chi connectivity index (χ1) is 16.2. The fourth-order valence-electron chi connectivity index (χ4n) is 4.18. The Hall–Kier alpha value is -4.51. The highest BCUT2D eigenvalue weighted by molar-refractivity contribution is 7.95. The molecule has 1 aliphatic heterocycles. The van der Waals surface area contributed by atoms with Crippen molar-refractivity contribution >= 4 is 32.1 Å². The van der Waals surface area contributed by atoms with Crippen LogP contribution in [-0.4, -0.2) is 22.7 Å². The zero-order valence-electron chi connectivity index (χ0n) is 17.4. The van der Waals surface area contributed by atoms with Crippen LogP contribution in [0.3, 0.4) is 0 Å². The second kappa shape index (κ2) is 7.52. The van der Waals surface area contributed by atoms with Gasteiger partial charge in [0.2, 0.25) is 9.84 Å². The number of rotatable bonds is 4. The first kappa shape index (κ1) is 21.3. The van der Waals surface area contributed by atoms with Crippen molar-refractivity contribution in [2.24, 2.45) is 5.73 Å². The van der Waals surface area contributed by atoms with Crippen LogP contribution in [0, 0.1) is 10.1 Å². The average molecular weight is 476 g/mol. The number of nitrogens with two attached hydrogens (primary N) is 1. The minimum Gasteiger partial charge on any atom is -0.383 e. The molecule has 0 spiro atoms. The second-order valence-electron chi connectivity index (χ2n) is 7.63. The predicted octanol–water partition coefficient (Wildman–Crippen LogP) is 2.23. The molecule has 4 aromatic rings. The third-order valence-corrected chi connectivity index (χ3v) is 7.64. The summed E-state index contributed by atoms with van der Waals surface area (Å²) in [7, 11) is -4.27. The lowest BCUT2D eigenvalue weighted by atomic mass is 10.1. The molecule has 3 aromatic carbocycles. The Bertz CT molecular complexity index is 1740. The maximum Gasteiger partial charge on any atom is 0.279 e. The number of benzene rings is 3. The number of hydrogen-bond donors (Lipinski definition) is 1. The molecule has 0 fully saturated rings. The highest BCUT2D eigenvalue weighted by Crippen LogP contribution is 2.39. The first-order valence-electron chi connectivity index (χ1n) is 10.0. The van der Waals surface area contributed by atoms with E-state index in [1.807, 2.05) is 0 Å². The minimum atomic E-state index is -4.27. The van der Waals surface area contributed by atoms with Crippen molar-refractivity contribution < 1.29 is 13.3 Å². The lowest BCUT2D eigenvalue weighted by Gasteiger charge is -2.18. The molecule has 2 heterocycles. The molecule has 0 amide bonds. The third kappa shape index (κ3) is 2.98. The van der Waals surface area contributed by atoms with E-state index in [9.17, 15) is 28.1 Å². The van der Waals surface area contributed by atoms with E-state index in [0.29, 0.717) is 0 Å². The molecule has 10 nitrogen and oxygen atoms in total. The molecule has 0 aliphatic carbocycles. The zero-order chi connectivity index (χ0) is 24.2. The quantitative estimate of drug-likeness (QED) is 0.351. The summed E-state index contributed by atoms with van der Waals surface area (Å²) in [6, 6.07) is 17.4. The number of allylic oxidation sites excluding steroid dienone is 1. The Morgan fingerprint density at radius 2 is 1.38 bits per heavy atom. The van der Waals surface area contributed by atoms with Gasteiger partial charge >= 0.3 is 0 Å². The Morgan fingerprint density at radius 3 is 1.97 bits per heavy atom. The number of fused-ring (bicyclic) bond motifs is 2. The van der Waals surface area contributed by atoms with Gasteiger partial charge in [-0.05, 0) is 42.0 Å². The SMILES string of the molecule is NC1=C(S(=O)(=O)c2ccccc2)C(c2ccc([N+](=O)[O-])cc2)n2c(=O)c3ccccc3c(=O)n21.